The van der Waals surface area contributed by atoms with Crippen LogP contribution in [-0.4, -0.2) is 64.2 Å². The maximum atomic E-state index is 13.9. The molecule has 9 nitrogen and oxygen atoms in total. The van der Waals surface area contributed by atoms with E-state index in [0.29, 0.717) is 33.5 Å². The lowest BCUT2D eigenvalue weighted by Gasteiger charge is -2.34. The fourth-order valence-corrected chi connectivity index (χ4v) is 6.05. The maximum absolute atomic E-state index is 13.9. The molecule has 0 radical (unpaired) electrons. The van der Waals surface area contributed by atoms with Gasteiger partial charge in [0.1, 0.15) is 12.6 Å². The van der Waals surface area contributed by atoms with Gasteiger partial charge in [-0.15, -0.1) is 0 Å². The van der Waals surface area contributed by atoms with Crippen LogP contribution in [0.5, 0.6) is 11.5 Å². The van der Waals surface area contributed by atoms with E-state index >= 15 is 0 Å². The summed E-state index contributed by atoms with van der Waals surface area (Å²) in [5.74, 6) is -0.0819. The van der Waals surface area contributed by atoms with Crippen LogP contribution < -0.4 is 19.1 Å². The van der Waals surface area contributed by atoms with Crippen molar-refractivity contribution in [3.05, 3.63) is 52.0 Å². The van der Waals surface area contributed by atoms with Gasteiger partial charge in [-0.2, -0.15) is 0 Å². The van der Waals surface area contributed by atoms with Crippen LogP contribution >= 0.6 is 23.2 Å². The molecule has 0 aromatic heterocycles. The first kappa shape index (κ1) is 31.8. The van der Waals surface area contributed by atoms with Crippen molar-refractivity contribution in [1.82, 2.24) is 10.2 Å². The molecule has 40 heavy (non-hydrogen) atoms. The average molecular weight is 615 g/mol. The van der Waals surface area contributed by atoms with Crippen molar-refractivity contribution in [2.24, 2.45) is 0 Å². The number of nitrogens with zero attached hydrogens (tertiary/aromatic N) is 2. The number of carbonyl (C=O) groups is 2. The largest absolute Gasteiger partial charge is 0.493 e. The summed E-state index contributed by atoms with van der Waals surface area (Å²) >= 11 is 12.3. The molecule has 1 fully saturated rings. The summed E-state index contributed by atoms with van der Waals surface area (Å²) in [6.45, 7) is 1.33. The molecule has 0 aliphatic heterocycles. The summed E-state index contributed by atoms with van der Waals surface area (Å²) < 4.78 is 37.4. The zero-order valence-electron chi connectivity index (χ0n) is 23.3. The van der Waals surface area contributed by atoms with Gasteiger partial charge in [0.25, 0.3) is 0 Å². The minimum atomic E-state index is -3.90. The van der Waals surface area contributed by atoms with E-state index in [1.165, 1.54) is 31.3 Å². The van der Waals surface area contributed by atoms with Crippen molar-refractivity contribution in [1.29, 1.82) is 0 Å². The van der Waals surface area contributed by atoms with Gasteiger partial charge >= 0.3 is 0 Å². The minimum Gasteiger partial charge on any atom is -0.493 e. The van der Waals surface area contributed by atoms with Gasteiger partial charge in [-0.3, -0.25) is 13.9 Å². The molecule has 1 atom stereocenters. The molecule has 1 aliphatic carbocycles. The number of ether oxygens (including phenoxy) is 2. The molecular weight excluding hydrogens is 577 g/mol. The first-order valence-corrected chi connectivity index (χ1v) is 15.8. The van der Waals surface area contributed by atoms with E-state index in [-0.39, 0.29) is 24.2 Å². The van der Waals surface area contributed by atoms with Crippen molar-refractivity contribution in [3.63, 3.8) is 0 Å². The van der Waals surface area contributed by atoms with Gasteiger partial charge < -0.3 is 19.7 Å². The molecule has 3 rings (SSSR count). The van der Waals surface area contributed by atoms with Crippen LogP contribution in [0.25, 0.3) is 0 Å². The highest BCUT2D eigenvalue weighted by molar-refractivity contribution is 7.92. The van der Waals surface area contributed by atoms with Crippen LogP contribution in [-0.2, 0) is 26.2 Å². The third-order valence-electron chi connectivity index (χ3n) is 7.01. The van der Waals surface area contributed by atoms with E-state index < -0.39 is 28.5 Å². The second-order valence-corrected chi connectivity index (χ2v) is 12.6. The molecule has 0 heterocycles. The SMILES string of the molecule is CC[C@H](C(=O)NC1CCCCC1)N(Cc1ccc(Cl)c(Cl)c1)C(=O)CN(c1ccc(OC)c(OC)c1)S(C)(=O)=O. The van der Waals surface area contributed by atoms with Crippen LogP contribution in [0.2, 0.25) is 10.0 Å². The van der Waals surface area contributed by atoms with Gasteiger partial charge in [0.2, 0.25) is 21.8 Å². The number of anilines is 1. The third-order valence-corrected chi connectivity index (χ3v) is 8.89. The molecule has 0 saturated heterocycles. The summed E-state index contributed by atoms with van der Waals surface area (Å²) in [6, 6.07) is 8.80. The van der Waals surface area contributed by atoms with E-state index in [1.807, 2.05) is 6.92 Å². The smallest absolute Gasteiger partial charge is 0.244 e. The summed E-state index contributed by atoms with van der Waals surface area (Å²) in [4.78, 5) is 28.8. The maximum Gasteiger partial charge on any atom is 0.244 e. The topological polar surface area (TPSA) is 105 Å². The monoisotopic (exact) mass is 613 g/mol. The van der Waals surface area contributed by atoms with Crippen molar-refractivity contribution >= 4 is 50.7 Å². The van der Waals surface area contributed by atoms with Crippen molar-refractivity contribution in [3.8, 4) is 11.5 Å². The van der Waals surface area contributed by atoms with Crippen LogP contribution in [0.1, 0.15) is 51.0 Å². The number of carbonyl (C=O) groups excluding carboxylic acids is 2. The highest BCUT2D eigenvalue weighted by atomic mass is 35.5. The lowest BCUT2D eigenvalue weighted by molar-refractivity contribution is -0.140. The molecule has 1 saturated carbocycles. The summed E-state index contributed by atoms with van der Waals surface area (Å²) in [7, 11) is -0.992. The molecule has 0 unspecified atom stereocenters. The molecular formula is C28H37Cl2N3O6S. The zero-order valence-corrected chi connectivity index (χ0v) is 25.6. The summed E-state index contributed by atoms with van der Waals surface area (Å²) in [6.07, 6.45) is 6.37. The second-order valence-electron chi connectivity index (χ2n) is 9.85. The molecule has 2 aromatic rings. The van der Waals surface area contributed by atoms with Gasteiger partial charge in [0, 0.05) is 18.7 Å². The predicted molar refractivity (Wildman–Crippen MR) is 158 cm³/mol. The van der Waals surface area contributed by atoms with Crippen LogP contribution in [0.15, 0.2) is 36.4 Å². The van der Waals surface area contributed by atoms with Crippen LogP contribution in [0.3, 0.4) is 0 Å². The van der Waals surface area contributed by atoms with Gasteiger partial charge in [0.05, 0.1) is 36.2 Å². The summed E-state index contributed by atoms with van der Waals surface area (Å²) in [5, 5.41) is 3.79. The first-order chi connectivity index (χ1) is 19.0. The number of nitrogens with one attached hydrogen (secondary N) is 1. The highest BCUT2D eigenvalue weighted by Crippen LogP contribution is 2.33. The van der Waals surface area contributed by atoms with E-state index in [9.17, 15) is 18.0 Å². The molecule has 220 valence electrons. The number of benzene rings is 2. The number of rotatable bonds is 12. The third kappa shape index (κ3) is 8.17. The fraction of sp³-hybridized carbons (Fsp3) is 0.500. The van der Waals surface area contributed by atoms with Crippen LogP contribution in [0, 0.1) is 0 Å². The van der Waals surface area contributed by atoms with E-state index in [4.69, 9.17) is 32.7 Å². The Labute approximate surface area is 246 Å². The zero-order chi connectivity index (χ0) is 29.4. The Morgan fingerprint density at radius 3 is 2.25 bits per heavy atom. The van der Waals surface area contributed by atoms with E-state index in [1.54, 1.807) is 24.3 Å². The van der Waals surface area contributed by atoms with E-state index in [0.717, 1.165) is 42.7 Å². The highest BCUT2D eigenvalue weighted by Gasteiger charge is 2.33. The molecule has 2 amide bonds. The summed E-state index contributed by atoms with van der Waals surface area (Å²) in [5.41, 5.74) is 0.881. The van der Waals surface area contributed by atoms with Crippen molar-refractivity contribution in [2.75, 3.05) is 31.3 Å². The molecule has 0 bridgehead atoms. The normalized spacial score (nSPS) is 14.8. The second kappa shape index (κ2) is 14.3. The number of halogens is 2. The van der Waals surface area contributed by atoms with Gasteiger partial charge in [-0.05, 0) is 49.1 Å². The minimum absolute atomic E-state index is 0.0376. The first-order valence-electron chi connectivity index (χ1n) is 13.2. The molecule has 0 spiro atoms. The number of amides is 2. The van der Waals surface area contributed by atoms with Crippen molar-refractivity contribution in [2.45, 2.75) is 64.1 Å². The number of sulfonamides is 1. The predicted octanol–water partition coefficient (Wildman–Crippen LogP) is 5.03. The van der Waals surface area contributed by atoms with Crippen LogP contribution in [0.4, 0.5) is 5.69 Å². The Kier molecular flexibility index (Phi) is 11.4. The Balaban J connectivity index is 1.96. The molecule has 12 heteroatoms. The molecule has 1 aliphatic rings. The standard InChI is InChI=1S/C28H37Cl2N3O6S/c1-5-24(28(35)31-20-9-7-6-8-10-20)32(17-19-11-13-22(29)23(30)15-19)27(34)18-33(40(4,36)37)21-12-14-25(38-2)26(16-21)39-3/h11-16,20,24H,5-10,17-18H2,1-4H3,(H,31,35)/t24-/m1/s1. The van der Waals surface area contributed by atoms with Gasteiger partial charge in [-0.1, -0.05) is 55.5 Å². The Bertz CT molecular complexity index is 1300. The number of hydrogen-bond acceptors (Lipinski definition) is 6. The lowest BCUT2D eigenvalue weighted by Crippen LogP contribution is -2.53. The Morgan fingerprint density at radius 2 is 1.68 bits per heavy atom. The lowest BCUT2D eigenvalue weighted by atomic mass is 9.95. The molecule has 1 N–H and O–H groups in total. The molecule has 2 aromatic carbocycles. The van der Waals surface area contributed by atoms with Gasteiger partial charge in [0.15, 0.2) is 11.5 Å². The number of methoxy groups -OCH3 is 2. The van der Waals surface area contributed by atoms with E-state index in [2.05, 4.69) is 5.32 Å². The Hall–Kier alpha value is -2.69. The average Bonchev–Trinajstić information content (AvgIpc) is 2.92. The Morgan fingerprint density at radius 1 is 1.00 bits per heavy atom. The van der Waals surface area contributed by atoms with Gasteiger partial charge in [-0.25, -0.2) is 8.42 Å². The van der Waals surface area contributed by atoms with Crippen molar-refractivity contribution < 1.29 is 27.5 Å². The fourth-order valence-electron chi connectivity index (χ4n) is 4.89. The number of hydrogen-bond donors (Lipinski definition) is 1. The quantitative estimate of drug-likeness (QED) is 0.360.